The van der Waals surface area contributed by atoms with E-state index < -0.39 is 5.66 Å². The van der Waals surface area contributed by atoms with E-state index in [4.69, 9.17) is 32.7 Å². The van der Waals surface area contributed by atoms with Crippen LogP contribution in [-0.2, 0) is 15.3 Å². The zero-order chi connectivity index (χ0) is 29.1. The van der Waals surface area contributed by atoms with Gasteiger partial charge in [-0.1, -0.05) is 47.5 Å². The highest BCUT2D eigenvalue weighted by atomic mass is 35.5. The Morgan fingerprint density at radius 3 is 1.90 bits per heavy atom. The molecular weight excluding hydrogens is 563 g/mol. The number of hydrogen-bond acceptors (Lipinski definition) is 6. The van der Waals surface area contributed by atoms with Gasteiger partial charge in [0.2, 0.25) is 6.41 Å². The molecule has 0 spiro atoms. The number of nitrogens with zero attached hydrogens (tertiary/aromatic N) is 2. The third-order valence-corrected chi connectivity index (χ3v) is 8.07. The summed E-state index contributed by atoms with van der Waals surface area (Å²) in [6.45, 7) is 5.64. The largest absolute Gasteiger partial charge is 0.497 e. The fourth-order valence-electron chi connectivity index (χ4n) is 5.52. The van der Waals surface area contributed by atoms with Gasteiger partial charge in [-0.2, -0.15) is 0 Å². The molecule has 2 atom stereocenters. The summed E-state index contributed by atoms with van der Waals surface area (Å²) in [5.41, 5.74) is 1.20. The van der Waals surface area contributed by atoms with Crippen molar-refractivity contribution >= 4 is 35.5 Å². The molecule has 10 heteroatoms. The third-order valence-electron chi connectivity index (χ3n) is 7.56. The van der Waals surface area contributed by atoms with Gasteiger partial charge in [0.05, 0.1) is 25.3 Å². The number of ether oxygens (including phenoxy) is 2. The first-order valence-corrected chi connectivity index (χ1v) is 14.4. The highest BCUT2D eigenvalue weighted by Crippen LogP contribution is 2.45. The van der Waals surface area contributed by atoms with E-state index in [2.05, 4.69) is 10.6 Å². The highest BCUT2D eigenvalue weighted by Gasteiger charge is 2.54. The number of rotatable bonds is 8. The maximum atomic E-state index is 14.7. The smallest absolute Gasteiger partial charge is 0.262 e. The van der Waals surface area contributed by atoms with Crippen molar-refractivity contribution in [3.8, 4) is 11.5 Å². The molecule has 0 saturated carbocycles. The van der Waals surface area contributed by atoms with E-state index in [1.54, 1.807) is 16.9 Å². The monoisotopic (exact) mass is 596 g/mol. The van der Waals surface area contributed by atoms with Gasteiger partial charge in [0, 0.05) is 47.9 Å². The molecule has 2 unspecified atom stereocenters. The highest BCUT2D eigenvalue weighted by molar-refractivity contribution is 6.30. The number of amides is 2. The molecule has 0 radical (unpaired) electrons. The summed E-state index contributed by atoms with van der Waals surface area (Å²) in [5, 5.41) is 8.67. The van der Waals surface area contributed by atoms with E-state index in [0.717, 1.165) is 17.5 Å². The molecule has 2 aliphatic rings. The molecule has 2 N–H and O–H groups in total. The number of methoxy groups -OCH3 is 1. The average molecular weight is 598 g/mol. The Balaban J connectivity index is 1.67. The molecule has 41 heavy (non-hydrogen) atoms. The lowest BCUT2D eigenvalue weighted by molar-refractivity contribution is -0.142. The van der Waals surface area contributed by atoms with Crippen molar-refractivity contribution in [3.05, 3.63) is 93.5 Å². The van der Waals surface area contributed by atoms with Gasteiger partial charge in [-0.15, -0.1) is 0 Å². The molecule has 5 rings (SSSR count). The minimum Gasteiger partial charge on any atom is -0.497 e. The van der Waals surface area contributed by atoms with Gasteiger partial charge in [-0.3, -0.25) is 20.2 Å². The predicted octanol–water partition coefficient (Wildman–Crippen LogP) is 4.92. The van der Waals surface area contributed by atoms with Crippen molar-refractivity contribution in [3.63, 3.8) is 0 Å². The van der Waals surface area contributed by atoms with Gasteiger partial charge in [0.1, 0.15) is 11.5 Å². The first-order valence-electron chi connectivity index (χ1n) is 13.6. The zero-order valence-corrected chi connectivity index (χ0v) is 24.8. The Hall–Kier alpha value is -3.30. The van der Waals surface area contributed by atoms with Crippen LogP contribution in [0.2, 0.25) is 10.0 Å². The Morgan fingerprint density at radius 2 is 1.44 bits per heavy atom. The van der Waals surface area contributed by atoms with Gasteiger partial charge < -0.3 is 19.3 Å². The fraction of sp³-hybridized carbons (Fsp3) is 0.355. The standard InChI is InChI=1S/C31H34Cl2N4O4/c1-20(2)41-27-18-25(40-3)12-13-26(27)31(30(39)37-16-14-36(19-38)15-17-37)34-28(21-4-8-23(32)9-5-21)29(35-31)22-6-10-24(33)11-7-22/h4-13,18-20,28-29,34-35H,14-17H2,1-3H3. The molecule has 0 aliphatic carbocycles. The van der Waals surface area contributed by atoms with Crippen LogP contribution in [0.5, 0.6) is 11.5 Å². The van der Waals surface area contributed by atoms with Crippen LogP contribution < -0.4 is 20.1 Å². The average Bonchev–Trinajstić information content (AvgIpc) is 3.39. The van der Waals surface area contributed by atoms with Crippen molar-refractivity contribution in [2.24, 2.45) is 0 Å². The van der Waals surface area contributed by atoms with Crippen LogP contribution in [0.3, 0.4) is 0 Å². The van der Waals surface area contributed by atoms with Crippen molar-refractivity contribution in [1.29, 1.82) is 0 Å². The number of carbonyl (C=O) groups is 2. The number of benzene rings is 3. The van der Waals surface area contributed by atoms with Gasteiger partial charge >= 0.3 is 0 Å². The van der Waals surface area contributed by atoms with Gasteiger partial charge in [0.15, 0.2) is 5.66 Å². The third kappa shape index (κ3) is 6.02. The van der Waals surface area contributed by atoms with Crippen LogP contribution in [0.15, 0.2) is 66.7 Å². The molecule has 2 heterocycles. The lowest BCUT2D eigenvalue weighted by Crippen LogP contribution is -2.62. The second-order valence-corrected chi connectivity index (χ2v) is 11.4. The summed E-state index contributed by atoms with van der Waals surface area (Å²) < 4.78 is 11.8. The summed E-state index contributed by atoms with van der Waals surface area (Å²) in [4.78, 5) is 29.6. The number of piperazine rings is 1. The summed E-state index contributed by atoms with van der Waals surface area (Å²) >= 11 is 12.5. The van der Waals surface area contributed by atoms with Crippen LogP contribution >= 0.6 is 23.2 Å². The van der Waals surface area contributed by atoms with Crippen LogP contribution in [0.1, 0.15) is 42.6 Å². The minimum absolute atomic E-state index is 0.148. The first kappa shape index (κ1) is 29.2. The maximum Gasteiger partial charge on any atom is 0.262 e. The summed E-state index contributed by atoms with van der Waals surface area (Å²) in [5.74, 6) is 0.996. The normalized spacial score (nSPS) is 22.6. The van der Waals surface area contributed by atoms with Crippen LogP contribution in [0, 0.1) is 0 Å². The number of carbonyl (C=O) groups excluding carboxylic acids is 2. The van der Waals surface area contributed by atoms with Crippen LogP contribution in [0.4, 0.5) is 0 Å². The van der Waals surface area contributed by atoms with E-state index in [1.165, 1.54) is 0 Å². The molecule has 2 saturated heterocycles. The van der Waals surface area contributed by atoms with Crippen molar-refractivity contribution < 1.29 is 19.1 Å². The van der Waals surface area contributed by atoms with E-state index in [9.17, 15) is 9.59 Å². The summed E-state index contributed by atoms with van der Waals surface area (Å²) in [6, 6.07) is 20.1. The van der Waals surface area contributed by atoms with Gasteiger partial charge in [0.25, 0.3) is 5.91 Å². The Bertz CT molecular complexity index is 1320. The quantitative estimate of drug-likeness (QED) is 0.359. The molecule has 3 aromatic rings. The number of halogens is 2. The summed E-state index contributed by atoms with van der Waals surface area (Å²) in [6.07, 6.45) is 0.680. The lowest BCUT2D eigenvalue weighted by atomic mass is 9.95. The van der Waals surface area contributed by atoms with Crippen molar-refractivity contribution in [1.82, 2.24) is 20.4 Å². The minimum atomic E-state index is -1.37. The van der Waals surface area contributed by atoms with E-state index >= 15 is 0 Å². The van der Waals surface area contributed by atoms with Gasteiger partial charge in [-0.25, -0.2) is 0 Å². The van der Waals surface area contributed by atoms with E-state index in [0.29, 0.717) is 53.3 Å². The molecule has 0 aromatic heterocycles. The topological polar surface area (TPSA) is 83.1 Å². The molecule has 8 nitrogen and oxygen atoms in total. The Morgan fingerprint density at radius 1 is 0.902 bits per heavy atom. The lowest BCUT2D eigenvalue weighted by Gasteiger charge is -2.40. The number of hydrogen-bond donors (Lipinski definition) is 2. The molecular formula is C31H34Cl2N4O4. The Kier molecular flexibility index (Phi) is 8.75. The van der Waals surface area contributed by atoms with Crippen LogP contribution in [-0.4, -0.2) is 61.5 Å². The molecule has 2 aliphatic heterocycles. The molecule has 2 amide bonds. The molecule has 0 bridgehead atoms. The van der Waals surface area contributed by atoms with Gasteiger partial charge in [-0.05, 0) is 61.4 Å². The SMILES string of the molecule is COc1ccc(C2(C(=O)N3CCN(C=O)CC3)NC(c3ccc(Cl)cc3)C(c3ccc(Cl)cc3)N2)c(OC(C)C)c1. The first-order chi connectivity index (χ1) is 19.7. The van der Waals surface area contributed by atoms with E-state index in [-0.39, 0.29) is 24.1 Å². The second kappa shape index (κ2) is 12.3. The number of nitrogens with one attached hydrogen (secondary N) is 2. The summed E-state index contributed by atoms with van der Waals surface area (Å²) in [7, 11) is 1.60. The second-order valence-electron chi connectivity index (χ2n) is 10.6. The van der Waals surface area contributed by atoms with Crippen molar-refractivity contribution in [2.75, 3.05) is 33.3 Å². The fourth-order valence-corrected chi connectivity index (χ4v) is 5.77. The zero-order valence-electron chi connectivity index (χ0n) is 23.3. The Labute approximate surface area is 250 Å². The maximum absolute atomic E-state index is 14.7. The van der Waals surface area contributed by atoms with E-state index in [1.807, 2.05) is 80.6 Å². The molecule has 3 aromatic carbocycles. The molecule has 2 fully saturated rings. The molecule has 216 valence electrons. The van der Waals surface area contributed by atoms with Crippen molar-refractivity contribution in [2.45, 2.75) is 37.7 Å². The predicted molar refractivity (Wildman–Crippen MR) is 159 cm³/mol. The van der Waals surface area contributed by atoms with Crippen LogP contribution in [0.25, 0.3) is 0 Å².